The third-order valence-corrected chi connectivity index (χ3v) is 5.04. The van der Waals surface area contributed by atoms with E-state index in [9.17, 15) is 18.0 Å². The van der Waals surface area contributed by atoms with Crippen molar-refractivity contribution in [3.05, 3.63) is 29.3 Å². The molecule has 1 amide bonds. The topological polar surface area (TPSA) is 20.3 Å². The van der Waals surface area contributed by atoms with Gasteiger partial charge in [-0.15, -0.1) is 0 Å². The summed E-state index contributed by atoms with van der Waals surface area (Å²) in [6.07, 6.45) is 0.935. The molecule has 1 atom stereocenters. The average Bonchev–Trinajstić information content (AvgIpc) is 2.99. The summed E-state index contributed by atoms with van der Waals surface area (Å²) in [5.41, 5.74) is 0.632. The number of halogens is 3. The molecule has 1 fully saturated rings. The first kappa shape index (κ1) is 15.4. The van der Waals surface area contributed by atoms with Gasteiger partial charge < -0.3 is 4.90 Å². The number of carbonyl (C=O) groups excluding carboxylic acids is 1. The Morgan fingerprint density at radius 2 is 1.86 bits per heavy atom. The number of anilines is 1. The monoisotopic (exact) mass is 311 g/mol. The maximum Gasteiger partial charge on any atom is 0.416 e. The van der Waals surface area contributed by atoms with Crippen LogP contribution in [0.15, 0.2) is 18.2 Å². The van der Waals surface area contributed by atoms with Crippen LogP contribution in [0.3, 0.4) is 0 Å². The molecule has 0 spiro atoms. The van der Waals surface area contributed by atoms with Gasteiger partial charge in [0.05, 0.1) is 5.56 Å². The summed E-state index contributed by atoms with van der Waals surface area (Å²) in [4.78, 5) is 14.0. The van der Waals surface area contributed by atoms with Crippen molar-refractivity contribution in [2.45, 2.75) is 57.7 Å². The molecule has 3 rings (SSSR count). The first-order valence-electron chi connectivity index (χ1n) is 7.90. The maximum absolute atomic E-state index is 13.0. The highest BCUT2D eigenvalue weighted by molar-refractivity contribution is 5.97. The molecule has 22 heavy (non-hydrogen) atoms. The van der Waals surface area contributed by atoms with Gasteiger partial charge in [-0.2, -0.15) is 13.2 Å². The van der Waals surface area contributed by atoms with Crippen LogP contribution in [-0.2, 0) is 17.4 Å². The zero-order chi connectivity index (χ0) is 15.9. The number of benzene rings is 1. The summed E-state index contributed by atoms with van der Waals surface area (Å²) >= 11 is 0. The average molecular weight is 311 g/mol. The number of aryl methyl sites for hydroxylation is 1. The lowest BCUT2D eigenvalue weighted by atomic mass is 9.92. The second-order valence-corrected chi connectivity index (χ2v) is 6.39. The van der Waals surface area contributed by atoms with Crippen LogP contribution in [0.4, 0.5) is 18.9 Å². The lowest BCUT2D eigenvalue weighted by Crippen LogP contribution is -2.45. The Balaban J connectivity index is 1.99. The van der Waals surface area contributed by atoms with E-state index in [0.717, 1.165) is 43.4 Å². The summed E-state index contributed by atoms with van der Waals surface area (Å²) in [5.74, 6) is 0.343. The molecule has 5 heteroatoms. The molecule has 0 saturated heterocycles. The van der Waals surface area contributed by atoms with Gasteiger partial charge in [-0.05, 0) is 49.8 Å². The molecule has 2 nitrogen and oxygen atoms in total. The fraction of sp³-hybridized carbons (Fsp3) is 0.588. The predicted molar refractivity (Wildman–Crippen MR) is 78.7 cm³/mol. The van der Waals surface area contributed by atoms with Crippen molar-refractivity contribution in [2.24, 2.45) is 5.92 Å². The fourth-order valence-corrected chi connectivity index (χ4v) is 3.77. The molecule has 1 aromatic carbocycles. The van der Waals surface area contributed by atoms with Crippen LogP contribution >= 0.6 is 0 Å². The van der Waals surface area contributed by atoms with E-state index >= 15 is 0 Å². The van der Waals surface area contributed by atoms with Crippen molar-refractivity contribution < 1.29 is 18.0 Å². The van der Waals surface area contributed by atoms with Crippen molar-refractivity contribution in [2.75, 3.05) is 4.90 Å². The minimum atomic E-state index is -4.38. The summed E-state index contributed by atoms with van der Waals surface area (Å²) in [5, 5.41) is 0. The number of rotatable bonds is 2. The number of hydrogen-bond donors (Lipinski definition) is 0. The SMILES string of the molecule is CC(C1CCCC1)N1C(=O)CCc2ccc(C(F)(F)F)cc21. The van der Waals surface area contributed by atoms with Gasteiger partial charge in [0.2, 0.25) is 5.91 Å². The Hall–Kier alpha value is -1.52. The number of carbonyl (C=O) groups is 1. The molecule has 1 aromatic rings. The molecule has 1 aliphatic carbocycles. The molecule has 1 aliphatic heterocycles. The summed E-state index contributed by atoms with van der Waals surface area (Å²) in [7, 11) is 0. The number of alkyl halides is 3. The first-order chi connectivity index (χ1) is 10.4. The lowest BCUT2D eigenvalue weighted by Gasteiger charge is -2.37. The van der Waals surface area contributed by atoms with Crippen LogP contribution < -0.4 is 4.90 Å². The van der Waals surface area contributed by atoms with Crippen molar-refractivity contribution in [3.63, 3.8) is 0 Å². The van der Waals surface area contributed by atoms with E-state index in [4.69, 9.17) is 0 Å². The fourth-order valence-electron chi connectivity index (χ4n) is 3.77. The lowest BCUT2D eigenvalue weighted by molar-refractivity contribution is -0.137. The quantitative estimate of drug-likeness (QED) is 0.784. The van der Waals surface area contributed by atoms with Gasteiger partial charge >= 0.3 is 6.18 Å². The summed E-state index contributed by atoms with van der Waals surface area (Å²) < 4.78 is 38.9. The van der Waals surface area contributed by atoms with E-state index in [1.165, 1.54) is 6.07 Å². The normalized spacial score (nSPS) is 21.1. The molecule has 0 aromatic heterocycles. The molecular weight excluding hydrogens is 291 g/mol. The van der Waals surface area contributed by atoms with Crippen LogP contribution in [0.1, 0.15) is 50.2 Å². The third-order valence-electron chi connectivity index (χ3n) is 5.04. The van der Waals surface area contributed by atoms with Gasteiger partial charge in [-0.1, -0.05) is 18.9 Å². The van der Waals surface area contributed by atoms with Crippen molar-refractivity contribution in [1.82, 2.24) is 0 Å². The van der Waals surface area contributed by atoms with Crippen LogP contribution in [0.2, 0.25) is 0 Å². The molecule has 1 saturated carbocycles. The zero-order valence-electron chi connectivity index (χ0n) is 12.6. The van der Waals surface area contributed by atoms with Gasteiger partial charge in [0, 0.05) is 18.2 Å². The van der Waals surface area contributed by atoms with E-state index in [0.29, 0.717) is 24.4 Å². The Kier molecular flexibility index (Phi) is 3.91. The van der Waals surface area contributed by atoms with Crippen LogP contribution in [0.25, 0.3) is 0 Å². The molecule has 0 bridgehead atoms. The molecule has 1 heterocycles. The number of hydrogen-bond acceptors (Lipinski definition) is 1. The predicted octanol–water partition coefficient (Wildman–Crippen LogP) is 4.56. The van der Waals surface area contributed by atoms with E-state index in [-0.39, 0.29) is 11.9 Å². The van der Waals surface area contributed by atoms with Gasteiger partial charge in [-0.3, -0.25) is 4.79 Å². The van der Waals surface area contributed by atoms with E-state index < -0.39 is 11.7 Å². The Morgan fingerprint density at radius 3 is 2.50 bits per heavy atom. The van der Waals surface area contributed by atoms with Crippen molar-refractivity contribution >= 4 is 11.6 Å². The van der Waals surface area contributed by atoms with Gasteiger partial charge in [0.15, 0.2) is 0 Å². The highest BCUT2D eigenvalue weighted by atomic mass is 19.4. The molecule has 0 radical (unpaired) electrons. The highest BCUT2D eigenvalue weighted by Crippen LogP contribution is 2.39. The molecule has 2 aliphatic rings. The highest BCUT2D eigenvalue weighted by Gasteiger charge is 2.36. The Morgan fingerprint density at radius 1 is 1.18 bits per heavy atom. The largest absolute Gasteiger partial charge is 0.416 e. The zero-order valence-corrected chi connectivity index (χ0v) is 12.6. The molecule has 0 N–H and O–H groups in total. The molecule has 120 valence electrons. The Labute approximate surface area is 128 Å². The van der Waals surface area contributed by atoms with Gasteiger partial charge in [0.25, 0.3) is 0 Å². The molecule has 1 unspecified atom stereocenters. The van der Waals surface area contributed by atoms with Crippen molar-refractivity contribution in [1.29, 1.82) is 0 Å². The van der Waals surface area contributed by atoms with E-state index in [1.54, 1.807) is 4.90 Å². The summed E-state index contributed by atoms with van der Waals surface area (Å²) in [6.45, 7) is 1.98. The number of fused-ring (bicyclic) bond motifs is 1. The van der Waals surface area contributed by atoms with Crippen molar-refractivity contribution in [3.8, 4) is 0 Å². The van der Waals surface area contributed by atoms with E-state index in [2.05, 4.69) is 0 Å². The smallest absolute Gasteiger partial charge is 0.309 e. The van der Waals surface area contributed by atoms with Crippen LogP contribution in [0.5, 0.6) is 0 Å². The number of amides is 1. The van der Waals surface area contributed by atoms with E-state index in [1.807, 2.05) is 6.92 Å². The standard InChI is InChI=1S/C17H20F3NO/c1-11(12-4-2-3-5-12)21-15-10-14(17(18,19)20)8-6-13(15)7-9-16(21)22/h6,8,10-12H,2-5,7,9H2,1H3. The minimum Gasteiger partial charge on any atom is -0.309 e. The minimum absolute atomic E-state index is 0.0301. The van der Waals surface area contributed by atoms with Gasteiger partial charge in [-0.25, -0.2) is 0 Å². The second-order valence-electron chi connectivity index (χ2n) is 6.39. The maximum atomic E-state index is 13.0. The first-order valence-corrected chi connectivity index (χ1v) is 7.90. The van der Waals surface area contributed by atoms with Gasteiger partial charge in [0.1, 0.15) is 0 Å². The summed E-state index contributed by atoms with van der Waals surface area (Å²) in [6, 6.07) is 3.77. The Bertz CT molecular complexity index is 576. The molecular formula is C17H20F3NO. The number of nitrogens with zero attached hydrogens (tertiary/aromatic N) is 1. The third kappa shape index (κ3) is 2.73. The second kappa shape index (κ2) is 5.60. The van der Waals surface area contributed by atoms with Crippen LogP contribution in [-0.4, -0.2) is 11.9 Å². The van der Waals surface area contributed by atoms with Crippen LogP contribution in [0, 0.1) is 5.92 Å².